The van der Waals surface area contributed by atoms with Gasteiger partial charge >= 0.3 is 0 Å². The Bertz CT molecular complexity index is 2310. The van der Waals surface area contributed by atoms with E-state index in [0.717, 1.165) is 0 Å². The smallest absolute Gasteiger partial charge is 0.0540 e. The van der Waals surface area contributed by atoms with Crippen LogP contribution in [-0.2, 0) is 10.8 Å². The van der Waals surface area contributed by atoms with Gasteiger partial charge in [0, 0.05) is 21.6 Å². The first-order valence-electron chi connectivity index (χ1n) is 17.0. The maximum Gasteiger partial charge on any atom is 0.0540 e. The largest absolute Gasteiger partial charge is 0.309 e. The molecule has 0 fully saturated rings. The highest BCUT2D eigenvalue weighted by atomic mass is 15.2. The Morgan fingerprint density at radius 3 is 0.938 bits per heavy atom. The molecule has 0 bridgehead atoms. The Morgan fingerprint density at radius 1 is 0.312 bits per heavy atom. The second-order valence-electron chi connectivity index (χ2n) is 14.6. The molecule has 2 aliphatic heterocycles. The quantitative estimate of drug-likeness (QED) is 0.178. The number of rotatable bonds is 2. The molecule has 2 nitrogen and oxygen atoms in total. The molecule has 0 unspecified atom stereocenters. The standard InChI is InChI=1S/C46H36N2/c1-45(2)33-13-5-9-17-39(33)47(40-18-10-6-14-34(40)45)37-27-23-29-22-26-32-38(28-24-30-21-25-31(37)43(29)44(30)32)48-41-19-11-7-15-35(41)46(3,4)36-16-8-12-20-42(36)48/h5-28H,1-4H3. The molecule has 2 aliphatic rings. The van der Waals surface area contributed by atoms with Gasteiger partial charge in [0.05, 0.1) is 34.1 Å². The summed E-state index contributed by atoms with van der Waals surface area (Å²) >= 11 is 0. The molecule has 0 saturated carbocycles. The number of hydrogen-bond donors (Lipinski definition) is 0. The van der Waals surface area contributed by atoms with E-state index < -0.39 is 0 Å². The van der Waals surface area contributed by atoms with Gasteiger partial charge in [-0.1, -0.05) is 137 Å². The van der Waals surface area contributed by atoms with E-state index in [-0.39, 0.29) is 10.8 Å². The molecule has 8 aromatic carbocycles. The molecule has 0 spiro atoms. The van der Waals surface area contributed by atoms with Crippen LogP contribution in [0.15, 0.2) is 146 Å². The molecule has 48 heavy (non-hydrogen) atoms. The van der Waals surface area contributed by atoms with Crippen LogP contribution in [0.3, 0.4) is 0 Å². The fraction of sp³-hybridized carbons (Fsp3) is 0.130. The molecule has 230 valence electrons. The van der Waals surface area contributed by atoms with Crippen molar-refractivity contribution in [2.24, 2.45) is 0 Å². The van der Waals surface area contributed by atoms with Gasteiger partial charge in [-0.05, 0) is 80.2 Å². The van der Waals surface area contributed by atoms with Crippen molar-refractivity contribution in [3.8, 4) is 0 Å². The van der Waals surface area contributed by atoms with Crippen LogP contribution in [0.25, 0.3) is 32.3 Å². The summed E-state index contributed by atoms with van der Waals surface area (Å²) in [5.41, 5.74) is 12.6. The molecule has 0 saturated heterocycles. The average molecular weight is 617 g/mol. The van der Waals surface area contributed by atoms with Crippen molar-refractivity contribution in [1.82, 2.24) is 0 Å². The number of nitrogens with zero attached hydrogens (tertiary/aromatic N) is 2. The summed E-state index contributed by atoms with van der Waals surface area (Å²) in [5.74, 6) is 0. The summed E-state index contributed by atoms with van der Waals surface area (Å²) in [6, 6.07) is 54.4. The topological polar surface area (TPSA) is 6.48 Å². The van der Waals surface area contributed by atoms with E-state index in [2.05, 4.69) is 183 Å². The van der Waals surface area contributed by atoms with E-state index in [9.17, 15) is 0 Å². The Labute approximate surface area is 281 Å². The molecule has 10 rings (SSSR count). The molecule has 0 amide bonds. The summed E-state index contributed by atoms with van der Waals surface area (Å²) in [5, 5.41) is 7.72. The van der Waals surface area contributed by atoms with Gasteiger partial charge in [0.15, 0.2) is 0 Å². The second kappa shape index (κ2) is 9.49. The summed E-state index contributed by atoms with van der Waals surface area (Å²) in [7, 11) is 0. The molecule has 2 heteroatoms. The minimum Gasteiger partial charge on any atom is -0.309 e. The van der Waals surface area contributed by atoms with Gasteiger partial charge in [0.2, 0.25) is 0 Å². The molecular weight excluding hydrogens is 581 g/mol. The fourth-order valence-electron chi connectivity index (χ4n) is 9.02. The van der Waals surface area contributed by atoms with Crippen LogP contribution in [0.4, 0.5) is 34.1 Å². The Balaban J connectivity index is 1.26. The van der Waals surface area contributed by atoms with Crippen LogP contribution in [0.2, 0.25) is 0 Å². The number of hydrogen-bond acceptors (Lipinski definition) is 2. The van der Waals surface area contributed by atoms with Crippen molar-refractivity contribution in [3.05, 3.63) is 168 Å². The van der Waals surface area contributed by atoms with E-state index >= 15 is 0 Å². The first-order chi connectivity index (χ1) is 23.4. The molecule has 8 aromatic rings. The third-order valence-electron chi connectivity index (χ3n) is 11.4. The molecule has 0 aromatic heterocycles. The highest BCUT2D eigenvalue weighted by Crippen LogP contribution is 2.56. The summed E-state index contributed by atoms with van der Waals surface area (Å²) in [6.45, 7) is 9.41. The van der Waals surface area contributed by atoms with E-state index in [1.54, 1.807) is 0 Å². The lowest BCUT2D eigenvalue weighted by atomic mass is 9.73. The van der Waals surface area contributed by atoms with Crippen molar-refractivity contribution in [1.29, 1.82) is 0 Å². The minimum absolute atomic E-state index is 0.0992. The van der Waals surface area contributed by atoms with Crippen molar-refractivity contribution in [3.63, 3.8) is 0 Å². The van der Waals surface area contributed by atoms with Crippen molar-refractivity contribution < 1.29 is 0 Å². The molecule has 0 atom stereocenters. The number of anilines is 6. The van der Waals surface area contributed by atoms with Gasteiger partial charge in [0.1, 0.15) is 0 Å². The fourth-order valence-corrected chi connectivity index (χ4v) is 9.02. The third kappa shape index (κ3) is 3.47. The van der Waals surface area contributed by atoms with Gasteiger partial charge < -0.3 is 9.80 Å². The summed E-state index contributed by atoms with van der Waals surface area (Å²) < 4.78 is 0. The highest BCUT2D eigenvalue weighted by Gasteiger charge is 2.38. The predicted molar refractivity (Wildman–Crippen MR) is 204 cm³/mol. The second-order valence-corrected chi connectivity index (χ2v) is 14.6. The van der Waals surface area contributed by atoms with E-state index in [1.807, 2.05) is 0 Å². The van der Waals surface area contributed by atoms with Crippen molar-refractivity contribution in [2.75, 3.05) is 9.80 Å². The Kier molecular flexibility index (Phi) is 5.44. The summed E-state index contributed by atoms with van der Waals surface area (Å²) in [6.07, 6.45) is 0. The number of benzene rings is 8. The normalized spacial score (nSPS) is 15.8. The highest BCUT2D eigenvalue weighted by molar-refractivity contribution is 6.28. The van der Waals surface area contributed by atoms with Crippen LogP contribution >= 0.6 is 0 Å². The SMILES string of the molecule is CC1(C)c2ccccc2N(c2ccc3ccc4c(N5c6ccccc6C(C)(C)c6ccccc65)ccc5ccc2c3c54)c2ccccc21. The van der Waals surface area contributed by atoms with E-state index in [0.29, 0.717) is 0 Å². The van der Waals surface area contributed by atoms with E-state index in [1.165, 1.54) is 88.7 Å². The monoisotopic (exact) mass is 616 g/mol. The lowest BCUT2D eigenvalue weighted by Gasteiger charge is -2.42. The van der Waals surface area contributed by atoms with Crippen LogP contribution in [0.5, 0.6) is 0 Å². The average Bonchev–Trinajstić information content (AvgIpc) is 3.12. The summed E-state index contributed by atoms with van der Waals surface area (Å²) in [4.78, 5) is 5.00. The van der Waals surface area contributed by atoms with E-state index in [4.69, 9.17) is 0 Å². The number of para-hydroxylation sites is 4. The first kappa shape index (κ1) is 27.5. The van der Waals surface area contributed by atoms with Gasteiger partial charge in [0.25, 0.3) is 0 Å². The zero-order valence-corrected chi connectivity index (χ0v) is 27.8. The van der Waals surface area contributed by atoms with Crippen LogP contribution in [0, 0.1) is 0 Å². The maximum absolute atomic E-state index is 2.50. The minimum atomic E-state index is -0.0992. The molecule has 2 heterocycles. The van der Waals surface area contributed by atoms with Gasteiger partial charge in [-0.15, -0.1) is 0 Å². The molecule has 0 aliphatic carbocycles. The van der Waals surface area contributed by atoms with Gasteiger partial charge in [-0.25, -0.2) is 0 Å². The molecule has 0 radical (unpaired) electrons. The predicted octanol–water partition coefficient (Wildman–Crippen LogP) is 12.8. The van der Waals surface area contributed by atoms with Gasteiger partial charge in [-0.2, -0.15) is 0 Å². The van der Waals surface area contributed by atoms with Gasteiger partial charge in [-0.3, -0.25) is 0 Å². The van der Waals surface area contributed by atoms with Crippen LogP contribution in [0.1, 0.15) is 49.9 Å². The number of fused-ring (bicyclic) bond motifs is 4. The lowest BCUT2D eigenvalue weighted by Crippen LogP contribution is -2.30. The molecule has 0 N–H and O–H groups in total. The third-order valence-corrected chi connectivity index (χ3v) is 11.4. The zero-order valence-electron chi connectivity index (χ0n) is 27.8. The molecular formula is C46H36N2. The van der Waals surface area contributed by atoms with Crippen LogP contribution in [-0.4, -0.2) is 0 Å². The zero-order chi connectivity index (χ0) is 32.4. The Morgan fingerprint density at radius 2 is 0.604 bits per heavy atom. The lowest BCUT2D eigenvalue weighted by molar-refractivity contribution is 0.632. The van der Waals surface area contributed by atoms with Crippen molar-refractivity contribution in [2.45, 2.75) is 38.5 Å². The Hall–Kier alpha value is -5.60. The first-order valence-corrected chi connectivity index (χ1v) is 17.0. The maximum atomic E-state index is 2.50. The van der Waals surface area contributed by atoms with Crippen molar-refractivity contribution >= 4 is 66.4 Å². The van der Waals surface area contributed by atoms with Crippen LogP contribution < -0.4 is 9.80 Å².